The molecule has 6 aromatic rings. The number of aliphatic carboxylic acids is 2. The van der Waals surface area contributed by atoms with E-state index in [0.717, 1.165) is 41.7 Å². The Balaban J connectivity index is 1.13. The first kappa shape index (κ1) is 82.0. The van der Waals surface area contributed by atoms with Crippen LogP contribution in [0.1, 0.15) is 68.0 Å². The standard InChI is InChI=1S/C72H88N14O19/c1-38-12-9-10-17-50(38)46-24-20-43(21-25-46)28-53(63(74)95)80-67(99)54(30-44-18-22-45(23-19-44)47-15-11-16-49(31-47)105-5)81-68(100)56(33-60(93)94)82-70(102)57(36-87)84-72(104)62(41(4)89)86-69(101)55(29-42-13-7-6-8-14-42)83-71(103)61(40(3)88)85-58(90)35-76-66(98)52(26-27-59(91)92)79-64(96)39(2)78-65(97)51(73)32-48-34-75-37-77-48/h6-25,31,34,37,39-41,51-57,61-62,87-89H,26-30,32-33,35-36,73H2,1-5H3,(H2,74,95)(H,75,77)(H,76,98)(H,78,97)(H,79,96)(H,80,99)(H,81,100)(H,82,102)(H,83,103)(H,84,104)(H,85,90)(H,86,101)(H,91,92)(H,93,94)/t39-,40+,41+,51-,52-,53-,54-,55-,56-,57-,61-,62-/m0/s1. The second-order valence-corrected chi connectivity index (χ2v) is 24.9. The zero-order chi connectivity index (χ0) is 77.0. The molecule has 0 unspecified atom stereocenters. The number of carboxylic acids is 2. The minimum atomic E-state index is -2.05. The zero-order valence-electron chi connectivity index (χ0n) is 58.1. The van der Waals surface area contributed by atoms with Crippen molar-refractivity contribution in [2.24, 2.45) is 11.5 Å². The highest BCUT2D eigenvalue weighted by molar-refractivity contribution is 6.00. The van der Waals surface area contributed by atoms with Crippen LogP contribution in [0.4, 0.5) is 0 Å². The van der Waals surface area contributed by atoms with Crippen molar-refractivity contribution in [1.29, 1.82) is 0 Å². The highest BCUT2D eigenvalue weighted by Crippen LogP contribution is 2.26. The number of carbonyl (C=O) groups is 13. The second-order valence-electron chi connectivity index (χ2n) is 24.9. The molecule has 6 rings (SSSR count). The number of imidazole rings is 1. The van der Waals surface area contributed by atoms with E-state index in [0.29, 0.717) is 28.1 Å². The molecule has 560 valence electrons. The number of primary amides is 1. The van der Waals surface area contributed by atoms with E-state index in [1.54, 1.807) is 84.9 Å². The van der Waals surface area contributed by atoms with E-state index in [1.165, 1.54) is 26.6 Å². The van der Waals surface area contributed by atoms with Gasteiger partial charge in [0.2, 0.25) is 65.0 Å². The van der Waals surface area contributed by atoms with Gasteiger partial charge in [-0.05, 0) is 90.8 Å². The van der Waals surface area contributed by atoms with Crippen molar-refractivity contribution >= 4 is 76.9 Å². The minimum Gasteiger partial charge on any atom is -0.497 e. The first-order valence-electron chi connectivity index (χ1n) is 33.3. The number of hydrogen-bond donors (Lipinski definition) is 18. The van der Waals surface area contributed by atoms with E-state index < -0.39 is 182 Å². The molecule has 0 aliphatic rings. The van der Waals surface area contributed by atoms with Gasteiger partial charge in [0.25, 0.3) is 0 Å². The number of aromatic amines is 1. The number of carbonyl (C=O) groups excluding carboxylic acids is 11. The van der Waals surface area contributed by atoms with Crippen LogP contribution in [0.15, 0.2) is 140 Å². The number of nitrogens with two attached hydrogens (primary N) is 2. The van der Waals surface area contributed by atoms with E-state index in [-0.39, 0.29) is 25.7 Å². The van der Waals surface area contributed by atoms with Gasteiger partial charge in [-0.2, -0.15) is 0 Å². The number of aliphatic hydroxyl groups excluding tert-OH is 3. The third-order valence-electron chi connectivity index (χ3n) is 16.6. The summed E-state index contributed by atoms with van der Waals surface area (Å²) in [6.45, 7) is 3.20. The predicted octanol–water partition coefficient (Wildman–Crippen LogP) is -2.26. The quantitative estimate of drug-likeness (QED) is 0.0193. The number of methoxy groups -OCH3 is 1. The summed E-state index contributed by atoms with van der Waals surface area (Å²) in [7, 11) is 1.52. The molecule has 0 aliphatic carbocycles. The van der Waals surface area contributed by atoms with Crippen LogP contribution in [0.5, 0.6) is 5.75 Å². The largest absolute Gasteiger partial charge is 0.497 e. The summed E-state index contributed by atoms with van der Waals surface area (Å²) < 4.78 is 5.37. The lowest BCUT2D eigenvalue weighted by Gasteiger charge is -2.28. The maximum absolute atomic E-state index is 14.4. The Bertz CT molecular complexity index is 4010. The lowest BCUT2D eigenvalue weighted by atomic mass is 9.97. The van der Waals surface area contributed by atoms with Crippen LogP contribution in [-0.2, 0) is 88.0 Å². The molecular weight excluding hydrogens is 1360 g/mol. The Morgan fingerprint density at radius 3 is 1.58 bits per heavy atom. The molecule has 12 atom stereocenters. The molecule has 0 saturated heterocycles. The first-order chi connectivity index (χ1) is 49.9. The van der Waals surface area contributed by atoms with E-state index in [2.05, 4.69) is 63.1 Å². The van der Waals surface area contributed by atoms with Crippen LogP contribution in [0.2, 0.25) is 0 Å². The van der Waals surface area contributed by atoms with Crippen LogP contribution in [0, 0.1) is 6.92 Å². The molecule has 5 aromatic carbocycles. The van der Waals surface area contributed by atoms with Gasteiger partial charge in [0, 0.05) is 38.3 Å². The van der Waals surface area contributed by atoms with Crippen LogP contribution in [0.25, 0.3) is 22.3 Å². The van der Waals surface area contributed by atoms with Gasteiger partial charge in [-0.1, -0.05) is 115 Å². The molecule has 0 saturated carbocycles. The Morgan fingerprint density at radius 2 is 1.02 bits per heavy atom. The number of nitrogens with zero attached hydrogens (tertiary/aromatic N) is 1. The van der Waals surface area contributed by atoms with Crippen LogP contribution >= 0.6 is 0 Å². The number of aliphatic hydroxyl groups is 3. The third kappa shape index (κ3) is 25.8. The molecule has 0 radical (unpaired) electrons. The summed E-state index contributed by atoms with van der Waals surface area (Å²) in [4.78, 5) is 182. The molecular formula is C72H88N14O19. The van der Waals surface area contributed by atoms with Gasteiger partial charge >= 0.3 is 11.9 Å². The lowest BCUT2D eigenvalue weighted by Crippen LogP contribution is -2.63. The third-order valence-corrected chi connectivity index (χ3v) is 16.6. The zero-order valence-corrected chi connectivity index (χ0v) is 58.1. The summed E-state index contributed by atoms with van der Waals surface area (Å²) in [5.41, 5.74) is 18.1. The Hall–Kier alpha value is -11.9. The molecule has 105 heavy (non-hydrogen) atoms. The SMILES string of the molecule is COc1cccc(-c2ccc(C[C@H](NC(=O)[C@H](CC(=O)O)NC(=O)[C@H](CO)NC(=O)[C@@H](NC(=O)[C@H](Cc3ccccc3)NC(=O)[C@@H](NC(=O)CNC(=O)[C@H](CCC(=O)O)NC(=O)[C@H](C)NC(=O)[C@@H](N)Cc3c[nH]cn3)[C@@H](C)O)[C@@H](C)O)C(=O)N[C@@H](Cc3ccc(-c4ccccc4C)cc3)C(N)=O)cc2)c1. The average molecular weight is 1450 g/mol. The van der Waals surface area contributed by atoms with Gasteiger partial charge in [0.1, 0.15) is 60.1 Å². The van der Waals surface area contributed by atoms with Gasteiger partial charge in [0.05, 0.1) is 57.0 Å². The fourth-order valence-corrected chi connectivity index (χ4v) is 10.8. The van der Waals surface area contributed by atoms with E-state index in [9.17, 15) is 87.9 Å². The van der Waals surface area contributed by atoms with Gasteiger partial charge in [-0.3, -0.25) is 62.3 Å². The fraction of sp³-hybridized carbons (Fsp3) is 0.361. The number of benzene rings is 5. The highest BCUT2D eigenvalue weighted by atomic mass is 16.5. The molecule has 0 spiro atoms. The van der Waals surface area contributed by atoms with Crippen molar-refractivity contribution in [2.75, 3.05) is 20.3 Å². The number of hydrogen-bond acceptors (Lipinski definition) is 19. The summed E-state index contributed by atoms with van der Waals surface area (Å²) >= 11 is 0. The Kier molecular flexibility index (Phi) is 31.3. The average Bonchev–Trinajstić information content (AvgIpc) is 1.43. The normalized spacial score (nSPS) is 14.4. The summed E-state index contributed by atoms with van der Waals surface area (Å²) in [6, 6.07) is 20.2. The van der Waals surface area contributed by atoms with Crippen molar-refractivity contribution in [2.45, 2.75) is 145 Å². The minimum absolute atomic E-state index is 0.00954. The second kappa shape index (κ2) is 40.0. The van der Waals surface area contributed by atoms with E-state index in [4.69, 9.17) is 16.2 Å². The van der Waals surface area contributed by atoms with Crippen molar-refractivity contribution < 1.29 is 92.6 Å². The van der Waals surface area contributed by atoms with E-state index >= 15 is 0 Å². The first-order valence-corrected chi connectivity index (χ1v) is 33.3. The van der Waals surface area contributed by atoms with E-state index in [1.807, 2.05) is 49.4 Å². The lowest BCUT2D eigenvalue weighted by molar-refractivity contribution is -0.142. The topological polar surface area (TPSA) is 533 Å². The maximum atomic E-state index is 14.4. The molecule has 33 heteroatoms. The van der Waals surface area contributed by atoms with Gasteiger partial charge < -0.3 is 99.9 Å². The van der Waals surface area contributed by atoms with Crippen molar-refractivity contribution in [3.8, 4) is 28.0 Å². The molecule has 0 aliphatic heterocycles. The predicted molar refractivity (Wildman–Crippen MR) is 378 cm³/mol. The smallest absolute Gasteiger partial charge is 0.305 e. The summed E-state index contributed by atoms with van der Waals surface area (Å²) in [6.07, 6.45) is -3.63. The summed E-state index contributed by atoms with van der Waals surface area (Å²) in [5.74, 6) is -14.5. The summed E-state index contributed by atoms with van der Waals surface area (Å²) in [5, 5.41) is 75.0. The number of aromatic nitrogens is 2. The molecule has 20 N–H and O–H groups in total. The Labute approximate surface area is 603 Å². The number of nitrogens with one attached hydrogen (secondary N) is 11. The van der Waals surface area contributed by atoms with Gasteiger partial charge in [0.15, 0.2) is 0 Å². The molecule has 0 fully saturated rings. The van der Waals surface area contributed by atoms with Crippen molar-refractivity contribution in [3.05, 3.63) is 168 Å². The van der Waals surface area contributed by atoms with Crippen LogP contribution in [-0.4, -0.2) is 205 Å². The molecule has 1 aromatic heterocycles. The number of carboxylic acid groups (broad SMARTS) is 2. The van der Waals surface area contributed by atoms with Gasteiger partial charge in [-0.25, -0.2) is 4.98 Å². The Morgan fingerprint density at radius 1 is 0.505 bits per heavy atom. The monoisotopic (exact) mass is 1450 g/mol. The molecule has 0 bridgehead atoms. The number of ether oxygens (including phenoxy) is 1. The fourth-order valence-electron chi connectivity index (χ4n) is 10.8. The molecule has 33 nitrogen and oxygen atoms in total. The van der Waals surface area contributed by atoms with Crippen molar-refractivity contribution in [1.82, 2.24) is 63.1 Å². The number of amides is 11. The molecule has 1 heterocycles. The van der Waals surface area contributed by atoms with Crippen LogP contribution in [0.3, 0.4) is 0 Å². The van der Waals surface area contributed by atoms with Crippen LogP contribution < -0.4 is 69.4 Å². The number of aryl methyl sites for hydroxylation is 1. The maximum Gasteiger partial charge on any atom is 0.305 e. The number of rotatable bonds is 40. The van der Waals surface area contributed by atoms with Crippen molar-refractivity contribution in [3.63, 3.8) is 0 Å². The number of H-pyrrole nitrogens is 1. The highest BCUT2D eigenvalue weighted by Gasteiger charge is 2.37. The molecule has 11 amide bonds. The van der Waals surface area contributed by atoms with Gasteiger partial charge in [-0.15, -0.1) is 0 Å².